The lowest BCUT2D eigenvalue weighted by molar-refractivity contribution is -0.150. The van der Waals surface area contributed by atoms with Crippen LogP contribution < -0.4 is 21.3 Å². The Kier molecular flexibility index (Phi) is 17.1. The van der Waals surface area contributed by atoms with Crippen molar-refractivity contribution in [2.45, 2.75) is 129 Å². The van der Waals surface area contributed by atoms with Crippen molar-refractivity contribution in [3.05, 3.63) is 108 Å². The molecular formula is C51H69N7O7. The predicted octanol–water partition coefficient (Wildman–Crippen LogP) is 4.06. The number of benzene rings is 3. The maximum absolute atomic E-state index is 14.9. The van der Waals surface area contributed by atoms with Crippen LogP contribution in [0.15, 0.2) is 91.0 Å². The zero-order chi connectivity index (χ0) is 47.6. The topological polar surface area (TPSA) is 177 Å². The minimum Gasteiger partial charge on any atom is -0.342 e. The molecule has 5 rings (SSSR count). The fraction of sp³-hybridized carbons (Fsp3) is 0.510. The summed E-state index contributed by atoms with van der Waals surface area (Å²) in [5.74, 6) is -4.22. The highest BCUT2D eigenvalue weighted by atomic mass is 16.2. The summed E-state index contributed by atoms with van der Waals surface area (Å²) in [6, 6.07) is 21.0. The molecule has 0 aromatic heterocycles. The van der Waals surface area contributed by atoms with E-state index in [2.05, 4.69) is 21.3 Å². The second kappa shape index (κ2) is 22.2. The van der Waals surface area contributed by atoms with Crippen LogP contribution in [0.1, 0.15) is 84.4 Å². The average Bonchev–Trinajstić information content (AvgIpc) is 3.66. The third-order valence-electron chi connectivity index (χ3n) is 12.6. The number of likely N-dealkylation sites (N-methyl/N-ethyl adjacent to an activating group) is 2. The third-order valence-corrected chi connectivity index (χ3v) is 12.6. The first kappa shape index (κ1) is 50.0. The Morgan fingerprint density at radius 2 is 1.03 bits per heavy atom. The van der Waals surface area contributed by atoms with E-state index in [0.717, 1.165) is 16.7 Å². The van der Waals surface area contributed by atoms with Gasteiger partial charge in [-0.3, -0.25) is 33.6 Å². The molecule has 0 radical (unpaired) electrons. The van der Waals surface area contributed by atoms with Crippen LogP contribution in [0.2, 0.25) is 0 Å². The minimum atomic E-state index is -1.58. The van der Waals surface area contributed by atoms with Crippen LogP contribution in [0.25, 0.3) is 0 Å². The lowest BCUT2D eigenvalue weighted by atomic mass is 9.95. The number of nitrogens with zero attached hydrogens (tertiary/aromatic N) is 3. The number of carbonyl (C=O) groups is 7. The lowest BCUT2D eigenvalue weighted by Gasteiger charge is -2.37. The summed E-state index contributed by atoms with van der Waals surface area (Å²) in [6.07, 6.45) is 1.25. The van der Waals surface area contributed by atoms with Crippen molar-refractivity contribution < 1.29 is 33.6 Å². The molecule has 7 amide bonds. The Balaban J connectivity index is 1.65. The van der Waals surface area contributed by atoms with E-state index < -0.39 is 83.1 Å². The molecule has 0 unspecified atom stereocenters. The van der Waals surface area contributed by atoms with Gasteiger partial charge in [-0.1, -0.05) is 126 Å². The van der Waals surface area contributed by atoms with Gasteiger partial charge < -0.3 is 36.0 Å². The Morgan fingerprint density at radius 3 is 1.55 bits per heavy atom. The first-order chi connectivity index (χ1) is 30.8. The number of hydrogen-bond acceptors (Lipinski definition) is 7. The lowest BCUT2D eigenvalue weighted by Crippen LogP contribution is -2.63. The van der Waals surface area contributed by atoms with Gasteiger partial charge in [0.1, 0.15) is 41.8 Å². The van der Waals surface area contributed by atoms with Crippen LogP contribution in [0.5, 0.6) is 0 Å². The molecule has 65 heavy (non-hydrogen) atoms. The van der Waals surface area contributed by atoms with Crippen molar-refractivity contribution in [3.8, 4) is 0 Å². The van der Waals surface area contributed by atoms with E-state index in [4.69, 9.17) is 0 Å². The van der Waals surface area contributed by atoms with Gasteiger partial charge in [-0.15, -0.1) is 0 Å². The fourth-order valence-electron chi connectivity index (χ4n) is 8.79. The molecule has 0 bridgehead atoms. The highest BCUT2D eigenvalue weighted by Gasteiger charge is 2.46. The van der Waals surface area contributed by atoms with Crippen molar-refractivity contribution in [2.75, 3.05) is 20.6 Å². The number of rotatable bonds is 10. The van der Waals surface area contributed by atoms with Gasteiger partial charge in [0.25, 0.3) is 0 Å². The molecule has 14 nitrogen and oxygen atoms in total. The molecule has 350 valence electrons. The van der Waals surface area contributed by atoms with E-state index in [9.17, 15) is 33.6 Å². The Bertz CT molecular complexity index is 2130. The van der Waals surface area contributed by atoms with Gasteiger partial charge in [0, 0.05) is 39.9 Å². The molecule has 2 fully saturated rings. The van der Waals surface area contributed by atoms with Crippen molar-refractivity contribution in [1.29, 1.82) is 0 Å². The molecular weight excluding hydrogens is 823 g/mol. The fourth-order valence-corrected chi connectivity index (χ4v) is 8.79. The highest BCUT2D eigenvalue weighted by Crippen LogP contribution is 2.29. The Labute approximate surface area is 384 Å². The van der Waals surface area contributed by atoms with Crippen molar-refractivity contribution >= 4 is 41.4 Å². The van der Waals surface area contributed by atoms with Crippen LogP contribution >= 0.6 is 0 Å². The molecule has 4 N–H and O–H groups in total. The molecule has 2 aliphatic heterocycles. The first-order valence-electron chi connectivity index (χ1n) is 23.0. The maximum Gasteiger partial charge on any atom is 0.246 e. The van der Waals surface area contributed by atoms with E-state index in [1.807, 2.05) is 126 Å². The summed E-state index contributed by atoms with van der Waals surface area (Å²) in [6.45, 7) is 13.0. The second-order valence-corrected chi connectivity index (χ2v) is 19.3. The molecule has 14 heteroatoms. The predicted molar refractivity (Wildman–Crippen MR) is 250 cm³/mol. The van der Waals surface area contributed by atoms with E-state index >= 15 is 0 Å². The molecule has 2 aliphatic rings. The maximum atomic E-state index is 14.9. The van der Waals surface area contributed by atoms with E-state index in [1.54, 1.807) is 7.05 Å². The summed E-state index contributed by atoms with van der Waals surface area (Å²) >= 11 is 0. The number of nitrogens with one attached hydrogen (secondary N) is 4. The van der Waals surface area contributed by atoms with Gasteiger partial charge >= 0.3 is 0 Å². The summed E-state index contributed by atoms with van der Waals surface area (Å²) in [7, 11) is 3.05. The molecule has 7 atom stereocenters. The first-order valence-corrected chi connectivity index (χ1v) is 23.0. The normalized spacial score (nSPS) is 25.4. The summed E-state index contributed by atoms with van der Waals surface area (Å²) < 4.78 is 0. The number of fused-ring (bicyclic) bond motifs is 1. The minimum absolute atomic E-state index is 0.0378. The Hall–Kier alpha value is -6.05. The van der Waals surface area contributed by atoms with Crippen LogP contribution in [-0.4, -0.2) is 118 Å². The van der Waals surface area contributed by atoms with Crippen molar-refractivity contribution in [1.82, 2.24) is 36.0 Å². The van der Waals surface area contributed by atoms with Crippen molar-refractivity contribution in [2.24, 2.45) is 17.8 Å². The summed E-state index contributed by atoms with van der Waals surface area (Å²) in [5.41, 5.74) is 0.673. The molecule has 2 heterocycles. The molecule has 0 aliphatic carbocycles. The highest BCUT2D eigenvalue weighted by molar-refractivity contribution is 5.99. The van der Waals surface area contributed by atoms with Gasteiger partial charge in [0.2, 0.25) is 41.4 Å². The second-order valence-electron chi connectivity index (χ2n) is 19.3. The van der Waals surface area contributed by atoms with Crippen molar-refractivity contribution in [3.63, 3.8) is 0 Å². The van der Waals surface area contributed by atoms with Crippen LogP contribution in [0.4, 0.5) is 0 Å². The van der Waals surface area contributed by atoms with E-state index in [0.29, 0.717) is 6.42 Å². The SMILES string of the molecule is CC(C)C[C@@H]1NC(=O)[C@H](Cc2ccccc2)NC(=O)[C@H](Cc2ccccc2)N(C)C(=O)[C@H](Cc2ccccc2)NC(=O)C(C)(C)NC(=O)[C@H](CC(C)C)N(C)C(=O)[C@@H]2[C@@H](C)CCN2C1=O. The number of hydrogen-bond donors (Lipinski definition) is 4. The van der Waals surface area contributed by atoms with E-state index in [-0.39, 0.29) is 56.4 Å². The summed E-state index contributed by atoms with van der Waals surface area (Å²) in [5, 5.41) is 11.7. The van der Waals surface area contributed by atoms with Gasteiger partial charge in [0.05, 0.1) is 0 Å². The number of carbonyl (C=O) groups excluding carboxylic acids is 7. The molecule has 2 saturated heterocycles. The smallest absolute Gasteiger partial charge is 0.246 e. The largest absolute Gasteiger partial charge is 0.342 e. The molecule has 3 aromatic rings. The quantitative estimate of drug-likeness (QED) is 0.237. The standard InChI is InChI=1S/C51H69N7O7/c1-32(2)27-39-48(63)58-26-25-34(5)43(58)49(64)57(9)41(28-33(3)4)46(61)55-51(6,7)50(65)54-40(30-36-21-15-11-16-22-36)47(62)56(8)42(31-37-23-17-12-18-24-37)45(60)52-38(44(59)53-39)29-35-19-13-10-14-20-35/h10-24,32-34,38-43H,25-31H2,1-9H3,(H,52,60)(H,53,59)(H,54,65)(H,55,61)/t34-,38-,39-,40-,41-,42-,43-/m0/s1. The van der Waals surface area contributed by atoms with Crippen LogP contribution in [0.3, 0.4) is 0 Å². The molecule has 0 saturated carbocycles. The third kappa shape index (κ3) is 13.0. The van der Waals surface area contributed by atoms with Crippen LogP contribution in [-0.2, 0) is 52.8 Å². The Morgan fingerprint density at radius 1 is 0.554 bits per heavy atom. The van der Waals surface area contributed by atoms with Gasteiger partial charge in [-0.25, -0.2) is 0 Å². The van der Waals surface area contributed by atoms with Gasteiger partial charge in [-0.2, -0.15) is 0 Å². The average molecular weight is 892 g/mol. The zero-order valence-electron chi connectivity index (χ0n) is 39.5. The zero-order valence-corrected chi connectivity index (χ0v) is 39.5. The summed E-state index contributed by atoms with van der Waals surface area (Å²) in [4.78, 5) is 107. The van der Waals surface area contributed by atoms with Gasteiger partial charge in [-0.05, 0) is 67.6 Å². The van der Waals surface area contributed by atoms with E-state index in [1.165, 1.54) is 35.6 Å². The monoisotopic (exact) mass is 892 g/mol. The van der Waals surface area contributed by atoms with Crippen LogP contribution in [0, 0.1) is 17.8 Å². The van der Waals surface area contributed by atoms with Gasteiger partial charge in [0.15, 0.2) is 0 Å². The molecule has 3 aromatic carbocycles. The number of amides is 7. The molecule has 0 spiro atoms.